The number of hydrogen-bond donors (Lipinski definition) is 2. The monoisotopic (exact) mass is 374 g/mol. The smallest absolute Gasteiger partial charge is 0.188 e. The Balaban J connectivity index is 0.00000180. The molecule has 0 saturated heterocycles. The second-order valence-electron chi connectivity index (χ2n) is 4.87. The Hall–Kier alpha value is -0.850. The summed E-state index contributed by atoms with van der Waals surface area (Å²) in [5, 5.41) is 3.28. The summed E-state index contributed by atoms with van der Waals surface area (Å²) in [6.45, 7) is 2.92. The van der Waals surface area contributed by atoms with Crippen molar-refractivity contribution >= 4 is 29.9 Å². The number of nitrogens with zero attached hydrogens (tertiary/aromatic N) is 2. The highest BCUT2D eigenvalue weighted by molar-refractivity contribution is 14.0. The zero-order chi connectivity index (χ0) is 12.8. The lowest BCUT2D eigenvalue weighted by molar-refractivity contribution is 0.661. The third-order valence-corrected chi connectivity index (χ3v) is 3.29. The van der Waals surface area contributed by atoms with Crippen molar-refractivity contribution in [2.45, 2.75) is 38.6 Å². The molecule has 0 amide bonds. The number of halogens is 1. The van der Waals surface area contributed by atoms with E-state index in [0.717, 1.165) is 18.0 Å². The third-order valence-electron chi connectivity index (χ3n) is 3.29. The molecule has 1 aliphatic rings. The first-order valence-corrected chi connectivity index (χ1v) is 6.76. The standard InChI is InChI=1S/C14H22N4.HI/c1-2-5-11-10-13(11)18-14(15)17-9-7-12-6-3-4-8-16-12;/h3-4,6,8,11,13H,2,5,7,9-10H2,1H3,(H3,15,17,18);1H. The molecule has 1 fully saturated rings. The van der Waals surface area contributed by atoms with E-state index < -0.39 is 0 Å². The molecule has 106 valence electrons. The highest BCUT2D eigenvalue weighted by atomic mass is 127. The van der Waals surface area contributed by atoms with Crippen molar-refractivity contribution in [3.05, 3.63) is 30.1 Å². The third kappa shape index (κ3) is 5.76. The molecule has 2 atom stereocenters. The molecular formula is C14H23IN4. The van der Waals surface area contributed by atoms with Crippen molar-refractivity contribution in [2.24, 2.45) is 16.6 Å². The number of aromatic nitrogens is 1. The molecule has 1 heterocycles. The fraction of sp³-hybridized carbons (Fsp3) is 0.571. The average Bonchev–Trinajstić information content (AvgIpc) is 3.09. The predicted molar refractivity (Wildman–Crippen MR) is 89.8 cm³/mol. The van der Waals surface area contributed by atoms with Gasteiger partial charge in [-0.15, -0.1) is 24.0 Å². The molecule has 4 nitrogen and oxygen atoms in total. The lowest BCUT2D eigenvalue weighted by Gasteiger charge is -2.04. The van der Waals surface area contributed by atoms with E-state index >= 15 is 0 Å². The van der Waals surface area contributed by atoms with Crippen molar-refractivity contribution < 1.29 is 0 Å². The molecule has 19 heavy (non-hydrogen) atoms. The van der Waals surface area contributed by atoms with E-state index in [4.69, 9.17) is 5.73 Å². The van der Waals surface area contributed by atoms with Gasteiger partial charge in [0.1, 0.15) is 0 Å². The van der Waals surface area contributed by atoms with Gasteiger partial charge in [0, 0.05) is 30.9 Å². The molecule has 5 heteroatoms. The summed E-state index contributed by atoms with van der Waals surface area (Å²) in [5.41, 5.74) is 6.92. The second-order valence-corrected chi connectivity index (χ2v) is 4.87. The van der Waals surface area contributed by atoms with E-state index in [9.17, 15) is 0 Å². The van der Waals surface area contributed by atoms with Gasteiger partial charge in [-0.05, 0) is 30.9 Å². The number of guanidine groups is 1. The van der Waals surface area contributed by atoms with Crippen LogP contribution in [0.1, 0.15) is 31.9 Å². The van der Waals surface area contributed by atoms with Crippen molar-refractivity contribution in [2.75, 3.05) is 6.54 Å². The molecule has 0 aromatic carbocycles. The van der Waals surface area contributed by atoms with Crippen LogP contribution in [0, 0.1) is 5.92 Å². The number of nitrogens with two attached hydrogens (primary N) is 1. The van der Waals surface area contributed by atoms with Crippen molar-refractivity contribution in [3.63, 3.8) is 0 Å². The van der Waals surface area contributed by atoms with Crippen molar-refractivity contribution in [3.8, 4) is 0 Å². The van der Waals surface area contributed by atoms with Crippen LogP contribution in [0.2, 0.25) is 0 Å². The summed E-state index contributed by atoms with van der Waals surface area (Å²) in [6, 6.07) is 6.48. The molecule has 1 aromatic rings. The van der Waals surface area contributed by atoms with E-state index in [1.54, 1.807) is 6.20 Å². The lowest BCUT2D eigenvalue weighted by atomic mass is 10.2. The number of rotatable bonds is 6. The first-order valence-electron chi connectivity index (χ1n) is 6.76. The average molecular weight is 374 g/mol. The van der Waals surface area contributed by atoms with Gasteiger partial charge in [-0.25, -0.2) is 0 Å². The maximum absolute atomic E-state index is 5.86. The molecule has 1 aromatic heterocycles. The molecule has 2 unspecified atom stereocenters. The molecule has 0 bridgehead atoms. The van der Waals surface area contributed by atoms with Gasteiger partial charge in [0.15, 0.2) is 5.96 Å². The van der Waals surface area contributed by atoms with E-state index in [0.29, 0.717) is 18.5 Å². The molecule has 2 rings (SSSR count). The summed E-state index contributed by atoms with van der Waals surface area (Å²) in [4.78, 5) is 8.59. The molecule has 0 aliphatic heterocycles. The van der Waals surface area contributed by atoms with Crippen LogP contribution in [0.3, 0.4) is 0 Å². The fourth-order valence-electron chi connectivity index (χ4n) is 2.19. The van der Waals surface area contributed by atoms with Gasteiger partial charge in [0.05, 0.1) is 0 Å². The van der Waals surface area contributed by atoms with Gasteiger partial charge in [-0.1, -0.05) is 19.4 Å². The minimum Gasteiger partial charge on any atom is -0.370 e. The Morgan fingerprint density at radius 1 is 1.53 bits per heavy atom. The van der Waals surface area contributed by atoms with Crippen LogP contribution in [0.4, 0.5) is 0 Å². The molecule has 1 aliphatic carbocycles. The van der Waals surface area contributed by atoms with Gasteiger partial charge in [-0.3, -0.25) is 9.98 Å². The van der Waals surface area contributed by atoms with Gasteiger partial charge >= 0.3 is 0 Å². The largest absolute Gasteiger partial charge is 0.370 e. The Morgan fingerprint density at radius 3 is 3.05 bits per heavy atom. The maximum atomic E-state index is 5.86. The molecular weight excluding hydrogens is 351 g/mol. The Labute approximate surface area is 132 Å². The van der Waals surface area contributed by atoms with Crippen LogP contribution in [0.5, 0.6) is 0 Å². The van der Waals surface area contributed by atoms with Crippen LogP contribution in [0.15, 0.2) is 29.4 Å². The Morgan fingerprint density at radius 2 is 2.37 bits per heavy atom. The van der Waals surface area contributed by atoms with Crippen LogP contribution in [-0.4, -0.2) is 23.5 Å². The normalized spacial score (nSPS) is 21.6. The minimum absolute atomic E-state index is 0. The van der Waals surface area contributed by atoms with Crippen LogP contribution in [0.25, 0.3) is 0 Å². The zero-order valence-corrected chi connectivity index (χ0v) is 13.7. The second kappa shape index (κ2) is 8.35. The Kier molecular flexibility index (Phi) is 7.12. The summed E-state index contributed by atoms with van der Waals surface area (Å²) in [5.74, 6) is 1.38. The SMILES string of the molecule is CCCC1CC1NC(N)=NCCc1ccccn1.I. The fourth-order valence-corrected chi connectivity index (χ4v) is 2.19. The van der Waals surface area contributed by atoms with Crippen molar-refractivity contribution in [1.29, 1.82) is 0 Å². The molecule has 3 N–H and O–H groups in total. The number of pyridine rings is 1. The highest BCUT2D eigenvalue weighted by Gasteiger charge is 2.36. The molecule has 0 radical (unpaired) electrons. The van der Waals surface area contributed by atoms with E-state index in [-0.39, 0.29) is 24.0 Å². The quantitative estimate of drug-likeness (QED) is 0.457. The summed E-state index contributed by atoms with van der Waals surface area (Å²) >= 11 is 0. The van der Waals surface area contributed by atoms with Crippen molar-refractivity contribution in [1.82, 2.24) is 10.3 Å². The predicted octanol–water partition coefficient (Wildman–Crippen LogP) is 2.34. The van der Waals surface area contributed by atoms with E-state index in [2.05, 4.69) is 22.2 Å². The molecule has 1 saturated carbocycles. The first-order chi connectivity index (χ1) is 8.79. The van der Waals surface area contributed by atoms with E-state index in [1.807, 2.05) is 18.2 Å². The Bertz CT molecular complexity index is 394. The topological polar surface area (TPSA) is 63.3 Å². The summed E-state index contributed by atoms with van der Waals surface area (Å²) in [6.07, 6.45) is 6.43. The van der Waals surface area contributed by atoms with Crippen LogP contribution >= 0.6 is 24.0 Å². The van der Waals surface area contributed by atoms with Crippen LogP contribution in [-0.2, 0) is 6.42 Å². The summed E-state index contributed by atoms with van der Waals surface area (Å²) in [7, 11) is 0. The van der Waals surface area contributed by atoms with E-state index in [1.165, 1.54) is 19.3 Å². The number of aliphatic imine (C=N–C) groups is 1. The first kappa shape index (κ1) is 16.2. The zero-order valence-electron chi connectivity index (χ0n) is 11.4. The lowest BCUT2D eigenvalue weighted by Crippen LogP contribution is -2.34. The number of hydrogen-bond acceptors (Lipinski definition) is 2. The maximum Gasteiger partial charge on any atom is 0.188 e. The van der Waals surface area contributed by atoms with Gasteiger partial charge in [-0.2, -0.15) is 0 Å². The minimum atomic E-state index is 0. The van der Waals surface area contributed by atoms with Gasteiger partial charge < -0.3 is 11.1 Å². The van der Waals surface area contributed by atoms with Crippen LogP contribution < -0.4 is 11.1 Å². The number of nitrogens with one attached hydrogen (secondary N) is 1. The highest BCUT2D eigenvalue weighted by Crippen LogP contribution is 2.34. The molecule has 0 spiro atoms. The van der Waals surface area contributed by atoms with Gasteiger partial charge in [0.25, 0.3) is 0 Å². The van der Waals surface area contributed by atoms with Gasteiger partial charge in [0.2, 0.25) is 0 Å². The summed E-state index contributed by atoms with van der Waals surface area (Å²) < 4.78 is 0.